The van der Waals surface area contributed by atoms with Gasteiger partial charge in [-0.3, -0.25) is 4.79 Å². The molecule has 1 amide bonds. The Bertz CT molecular complexity index is 660. The molecule has 5 heteroatoms. The van der Waals surface area contributed by atoms with Crippen LogP contribution in [-0.4, -0.2) is 5.91 Å². The fraction of sp³-hybridized carbons (Fsp3) is 0.0714. The van der Waals surface area contributed by atoms with Gasteiger partial charge in [-0.15, -0.1) is 0 Å². The number of hydrogen-bond donors (Lipinski definition) is 2. The summed E-state index contributed by atoms with van der Waals surface area (Å²) in [5.74, 6) is -0.0759. The van der Waals surface area contributed by atoms with Crippen molar-refractivity contribution in [2.24, 2.45) is 0 Å². The molecular formula is C14H10BrClN2O. The Kier molecular flexibility index (Phi) is 3.21. The predicted octanol–water partition coefficient (Wildman–Crippen LogP) is 4.21. The molecule has 96 valence electrons. The number of rotatable bonds is 2. The van der Waals surface area contributed by atoms with Crippen LogP contribution in [0.5, 0.6) is 0 Å². The van der Waals surface area contributed by atoms with Crippen LogP contribution in [0, 0.1) is 0 Å². The molecular weight excluding hydrogens is 328 g/mol. The molecule has 1 aliphatic rings. The van der Waals surface area contributed by atoms with Gasteiger partial charge in [-0.25, -0.2) is 0 Å². The topological polar surface area (TPSA) is 41.1 Å². The van der Waals surface area contributed by atoms with E-state index in [4.69, 9.17) is 11.6 Å². The van der Waals surface area contributed by atoms with Gasteiger partial charge in [0.2, 0.25) is 0 Å². The van der Waals surface area contributed by atoms with Crippen LogP contribution in [0.15, 0.2) is 46.9 Å². The number of fused-ring (bicyclic) bond motifs is 1. The highest BCUT2D eigenvalue weighted by atomic mass is 79.9. The summed E-state index contributed by atoms with van der Waals surface area (Å²) >= 11 is 9.49. The maximum atomic E-state index is 12.0. The normalized spacial score (nSPS) is 16.9. The monoisotopic (exact) mass is 336 g/mol. The first kappa shape index (κ1) is 12.5. The summed E-state index contributed by atoms with van der Waals surface area (Å²) < 4.78 is 0.935. The molecule has 0 saturated carbocycles. The van der Waals surface area contributed by atoms with Crippen LogP contribution in [-0.2, 0) is 4.79 Å². The zero-order valence-corrected chi connectivity index (χ0v) is 12.1. The number of anilines is 2. The van der Waals surface area contributed by atoms with Gasteiger partial charge in [-0.1, -0.05) is 45.7 Å². The first-order chi connectivity index (χ1) is 9.15. The summed E-state index contributed by atoms with van der Waals surface area (Å²) in [4.78, 5) is 12.0. The highest BCUT2D eigenvalue weighted by Crippen LogP contribution is 2.36. The van der Waals surface area contributed by atoms with Crippen molar-refractivity contribution < 1.29 is 4.79 Å². The van der Waals surface area contributed by atoms with Gasteiger partial charge in [-0.05, 0) is 24.3 Å². The van der Waals surface area contributed by atoms with E-state index in [0.717, 1.165) is 21.4 Å². The van der Waals surface area contributed by atoms with E-state index in [1.54, 1.807) is 6.07 Å². The van der Waals surface area contributed by atoms with E-state index in [0.29, 0.717) is 5.02 Å². The Morgan fingerprint density at radius 3 is 2.79 bits per heavy atom. The minimum absolute atomic E-state index is 0.0759. The minimum Gasteiger partial charge on any atom is -0.369 e. The second-order valence-corrected chi connectivity index (χ2v) is 5.60. The summed E-state index contributed by atoms with van der Waals surface area (Å²) in [6, 6.07) is 12.7. The van der Waals surface area contributed by atoms with E-state index in [1.807, 2.05) is 36.4 Å². The molecule has 19 heavy (non-hydrogen) atoms. The number of halogens is 2. The lowest BCUT2D eigenvalue weighted by Crippen LogP contribution is -2.19. The molecule has 0 aliphatic carbocycles. The van der Waals surface area contributed by atoms with Gasteiger partial charge in [-0.2, -0.15) is 0 Å². The molecule has 0 aromatic heterocycles. The molecule has 0 spiro atoms. The van der Waals surface area contributed by atoms with Crippen molar-refractivity contribution >= 4 is 44.8 Å². The fourth-order valence-electron chi connectivity index (χ4n) is 2.11. The van der Waals surface area contributed by atoms with Crippen LogP contribution < -0.4 is 10.6 Å². The molecule has 1 atom stereocenters. The first-order valence-electron chi connectivity index (χ1n) is 5.76. The molecule has 3 nitrogen and oxygen atoms in total. The van der Waals surface area contributed by atoms with Crippen LogP contribution in [0.25, 0.3) is 0 Å². The third kappa shape index (κ3) is 2.33. The summed E-state index contributed by atoms with van der Waals surface area (Å²) in [5.41, 5.74) is 2.50. The van der Waals surface area contributed by atoms with E-state index in [2.05, 4.69) is 26.6 Å². The molecule has 2 N–H and O–H groups in total. The quantitative estimate of drug-likeness (QED) is 0.862. The summed E-state index contributed by atoms with van der Waals surface area (Å²) in [6.45, 7) is 0. The molecule has 0 radical (unpaired) electrons. The fourth-order valence-corrected chi connectivity index (χ4v) is 2.66. The average Bonchev–Trinajstić information content (AvgIpc) is 2.68. The van der Waals surface area contributed by atoms with Gasteiger partial charge in [0.15, 0.2) is 0 Å². The van der Waals surface area contributed by atoms with E-state index in [1.165, 1.54) is 0 Å². The number of para-hydroxylation sites is 1. The lowest BCUT2D eigenvalue weighted by molar-refractivity contribution is -0.116. The molecule has 2 aromatic carbocycles. The van der Waals surface area contributed by atoms with E-state index in [9.17, 15) is 4.79 Å². The maximum Gasteiger partial charge on any atom is 0.251 e. The third-order valence-corrected chi connectivity index (χ3v) is 3.84. The number of hydrogen-bond acceptors (Lipinski definition) is 2. The predicted molar refractivity (Wildman–Crippen MR) is 80.6 cm³/mol. The van der Waals surface area contributed by atoms with Crippen molar-refractivity contribution in [3.05, 3.63) is 57.5 Å². The standard InChI is InChI=1S/C14H10BrClN2O/c15-8-5-6-9-12(7-8)18-14(19)13(9)17-11-4-2-1-3-10(11)16/h1-7,13,17H,(H,18,19). The van der Waals surface area contributed by atoms with Crippen molar-refractivity contribution in [2.45, 2.75) is 6.04 Å². The number of carbonyl (C=O) groups excluding carboxylic acids is 1. The van der Waals surface area contributed by atoms with E-state index < -0.39 is 6.04 Å². The molecule has 3 rings (SSSR count). The highest BCUT2D eigenvalue weighted by Gasteiger charge is 2.30. The van der Waals surface area contributed by atoms with Gasteiger partial charge < -0.3 is 10.6 Å². The van der Waals surface area contributed by atoms with E-state index in [-0.39, 0.29) is 5.91 Å². The summed E-state index contributed by atoms with van der Waals surface area (Å²) in [7, 11) is 0. The number of amides is 1. The minimum atomic E-state index is -0.414. The zero-order chi connectivity index (χ0) is 13.4. The second kappa shape index (κ2) is 4.87. The SMILES string of the molecule is O=C1Nc2cc(Br)ccc2C1Nc1ccccc1Cl. The van der Waals surface area contributed by atoms with Crippen molar-refractivity contribution in [2.75, 3.05) is 10.6 Å². The van der Waals surface area contributed by atoms with Gasteiger partial charge >= 0.3 is 0 Å². The van der Waals surface area contributed by atoms with Crippen LogP contribution in [0.4, 0.5) is 11.4 Å². The zero-order valence-electron chi connectivity index (χ0n) is 9.78. The van der Waals surface area contributed by atoms with Gasteiger partial charge in [0, 0.05) is 15.7 Å². The van der Waals surface area contributed by atoms with Gasteiger partial charge in [0.25, 0.3) is 5.91 Å². The van der Waals surface area contributed by atoms with Gasteiger partial charge in [0.05, 0.1) is 10.7 Å². The largest absolute Gasteiger partial charge is 0.369 e. The highest BCUT2D eigenvalue weighted by molar-refractivity contribution is 9.10. The Morgan fingerprint density at radius 1 is 1.21 bits per heavy atom. The van der Waals surface area contributed by atoms with Crippen LogP contribution in [0.2, 0.25) is 5.02 Å². The maximum absolute atomic E-state index is 12.0. The van der Waals surface area contributed by atoms with Crippen molar-refractivity contribution in [3.8, 4) is 0 Å². The molecule has 1 aliphatic heterocycles. The molecule has 0 saturated heterocycles. The summed E-state index contributed by atoms with van der Waals surface area (Å²) in [5, 5.41) is 6.63. The molecule has 0 bridgehead atoms. The number of benzene rings is 2. The van der Waals surface area contributed by atoms with Gasteiger partial charge in [0.1, 0.15) is 6.04 Å². The number of carbonyl (C=O) groups is 1. The lowest BCUT2D eigenvalue weighted by Gasteiger charge is -2.14. The first-order valence-corrected chi connectivity index (χ1v) is 6.93. The Balaban J connectivity index is 1.95. The van der Waals surface area contributed by atoms with Crippen LogP contribution >= 0.6 is 27.5 Å². The Morgan fingerprint density at radius 2 is 2.00 bits per heavy atom. The van der Waals surface area contributed by atoms with Crippen molar-refractivity contribution in [1.82, 2.24) is 0 Å². The Labute approximate surface area is 124 Å². The third-order valence-electron chi connectivity index (χ3n) is 3.02. The number of nitrogens with one attached hydrogen (secondary N) is 2. The summed E-state index contributed by atoms with van der Waals surface area (Å²) in [6.07, 6.45) is 0. The van der Waals surface area contributed by atoms with Crippen LogP contribution in [0.1, 0.15) is 11.6 Å². The average molecular weight is 338 g/mol. The Hall–Kier alpha value is -1.52. The molecule has 2 aromatic rings. The smallest absolute Gasteiger partial charge is 0.251 e. The molecule has 1 heterocycles. The van der Waals surface area contributed by atoms with Crippen molar-refractivity contribution in [3.63, 3.8) is 0 Å². The molecule has 0 fully saturated rings. The van der Waals surface area contributed by atoms with Crippen molar-refractivity contribution in [1.29, 1.82) is 0 Å². The van der Waals surface area contributed by atoms with Crippen LogP contribution in [0.3, 0.4) is 0 Å². The second-order valence-electron chi connectivity index (χ2n) is 4.28. The molecule has 1 unspecified atom stereocenters. The lowest BCUT2D eigenvalue weighted by atomic mass is 10.1. The van der Waals surface area contributed by atoms with E-state index >= 15 is 0 Å².